The van der Waals surface area contributed by atoms with Crippen LogP contribution in [0.4, 0.5) is 0 Å². The molecule has 0 atom stereocenters. The lowest BCUT2D eigenvalue weighted by Gasteiger charge is -2.12. The van der Waals surface area contributed by atoms with Gasteiger partial charge in [-0.3, -0.25) is 9.79 Å². The zero-order chi connectivity index (χ0) is 15.2. The Morgan fingerprint density at radius 3 is 2.68 bits per heavy atom. The van der Waals surface area contributed by atoms with Crippen molar-refractivity contribution in [2.45, 2.75) is 25.7 Å². The summed E-state index contributed by atoms with van der Waals surface area (Å²) in [4.78, 5) is 16.7. The highest BCUT2D eigenvalue weighted by Crippen LogP contribution is 2.17. The maximum atomic E-state index is 12.2. The molecule has 3 nitrogen and oxygen atoms in total. The van der Waals surface area contributed by atoms with E-state index in [1.54, 1.807) is 0 Å². The zero-order valence-corrected chi connectivity index (χ0v) is 13.3. The molecule has 1 aromatic carbocycles. The Morgan fingerprint density at radius 1 is 1.14 bits per heavy atom. The smallest absolute Gasteiger partial charge is 0.193 e. The average Bonchev–Trinajstić information content (AvgIpc) is 3.10. The van der Waals surface area contributed by atoms with Crippen molar-refractivity contribution in [2.24, 2.45) is 4.99 Å². The normalized spacial score (nSPS) is 14.5. The second-order valence-corrected chi connectivity index (χ2v) is 6.15. The van der Waals surface area contributed by atoms with Crippen LogP contribution in [0.3, 0.4) is 0 Å². The third-order valence-electron chi connectivity index (χ3n) is 3.77. The second-order valence-electron chi connectivity index (χ2n) is 5.37. The molecule has 0 spiro atoms. The van der Waals surface area contributed by atoms with Crippen molar-refractivity contribution in [3.63, 3.8) is 0 Å². The second kappa shape index (κ2) is 7.36. The topological polar surface area (TPSA) is 38.7 Å². The molecule has 0 bridgehead atoms. The summed E-state index contributed by atoms with van der Waals surface area (Å²) in [5.74, 6) is 0.864. The molecule has 0 saturated heterocycles. The molecule has 3 rings (SSSR count). The first-order valence-electron chi connectivity index (χ1n) is 7.65. The summed E-state index contributed by atoms with van der Waals surface area (Å²) >= 11 is 1.53. The predicted molar refractivity (Wildman–Crippen MR) is 90.5 cm³/mol. The van der Waals surface area contributed by atoms with Crippen LogP contribution in [0.25, 0.3) is 0 Å². The first-order chi connectivity index (χ1) is 10.8. The van der Waals surface area contributed by atoms with E-state index in [1.807, 2.05) is 41.1 Å². The van der Waals surface area contributed by atoms with Crippen molar-refractivity contribution < 1.29 is 9.53 Å². The standard InChI is InChI=1S/C18H19NO2S/c20-18(15-9-12-22-13-15)14-4-6-17(7-5-14)21-11-8-16-3-1-2-10-19-16/h4-7,9,12-13H,1-3,8,10-11H2. The van der Waals surface area contributed by atoms with E-state index in [0.29, 0.717) is 12.2 Å². The molecule has 0 fully saturated rings. The minimum atomic E-state index is 0.0596. The van der Waals surface area contributed by atoms with Crippen molar-refractivity contribution in [3.8, 4) is 5.75 Å². The highest BCUT2D eigenvalue weighted by Gasteiger charge is 2.09. The van der Waals surface area contributed by atoms with Gasteiger partial charge in [0, 0.05) is 35.2 Å². The Morgan fingerprint density at radius 2 is 2.00 bits per heavy atom. The fourth-order valence-electron chi connectivity index (χ4n) is 2.51. The van der Waals surface area contributed by atoms with Crippen LogP contribution in [0.1, 0.15) is 41.6 Å². The third kappa shape index (κ3) is 3.83. The molecule has 2 heterocycles. The number of hydrogen-bond donors (Lipinski definition) is 0. The molecule has 22 heavy (non-hydrogen) atoms. The van der Waals surface area contributed by atoms with Gasteiger partial charge in [-0.2, -0.15) is 11.3 Å². The van der Waals surface area contributed by atoms with Gasteiger partial charge in [-0.1, -0.05) is 0 Å². The summed E-state index contributed by atoms with van der Waals surface area (Å²) in [7, 11) is 0. The SMILES string of the molecule is O=C(c1ccc(OCCC2=NCCCC2)cc1)c1ccsc1. The van der Waals surface area contributed by atoms with Gasteiger partial charge in [0.05, 0.1) is 6.61 Å². The molecule has 0 unspecified atom stereocenters. The Bertz CT molecular complexity index is 644. The molecule has 0 N–H and O–H groups in total. The van der Waals surface area contributed by atoms with Crippen LogP contribution < -0.4 is 4.74 Å². The molecular formula is C18H19NO2S. The predicted octanol–water partition coefficient (Wildman–Crippen LogP) is 4.37. The lowest BCUT2D eigenvalue weighted by Crippen LogP contribution is -2.10. The van der Waals surface area contributed by atoms with Gasteiger partial charge in [-0.25, -0.2) is 0 Å². The number of nitrogens with zero attached hydrogens (tertiary/aromatic N) is 1. The first kappa shape index (κ1) is 15.0. The molecule has 0 amide bonds. The summed E-state index contributed by atoms with van der Waals surface area (Å²) in [6.45, 7) is 1.62. The number of benzene rings is 1. The maximum absolute atomic E-state index is 12.2. The van der Waals surface area contributed by atoms with Gasteiger partial charge in [0.2, 0.25) is 0 Å². The third-order valence-corrected chi connectivity index (χ3v) is 4.45. The maximum Gasteiger partial charge on any atom is 0.193 e. The van der Waals surface area contributed by atoms with E-state index in [1.165, 1.54) is 29.9 Å². The summed E-state index contributed by atoms with van der Waals surface area (Å²) in [5, 5.41) is 3.79. The molecule has 0 saturated carbocycles. The van der Waals surface area contributed by atoms with Gasteiger partial charge in [-0.05, 0) is 55.0 Å². The molecule has 114 valence electrons. The van der Waals surface area contributed by atoms with Crippen molar-refractivity contribution in [1.82, 2.24) is 0 Å². The number of rotatable bonds is 6. The number of ketones is 1. The molecular weight excluding hydrogens is 294 g/mol. The largest absolute Gasteiger partial charge is 0.493 e. The molecule has 2 aromatic rings. The van der Waals surface area contributed by atoms with E-state index >= 15 is 0 Å². The molecule has 4 heteroatoms. The Balaban J connectivity index is 1.53. The minimum absolute atomic E-state index is 0.0596. The van der Waals surface area contributed by atoms with E-state index in [9.17, 15) is 4.79 Å². The fourth-order valence-corrected chi connectivity index (χ4v) is 3.15. The van der Waals surface area contributed by atoms with E-state index < -0.39 is 0 Å². The van der Waals surface area contributed by atoms with Gasteiger partial charge in [0.25, 0.3) is 0 Å². The number of thiophene rings is 1. The van der Waals surface area contributed by atoms with Crippen molar-refractivity contribution in [2.75, 3.05) is 13.2 Å². The highest BCUT2D eigenvalue weighted by molar-refractivity contribution is 7.08. The lowest BCUT2D eigenvalue weighted by atomic mass is 10.1. The summed E-state index contributed by atoms with van der Waals surface area (Å²) in [6.07, 6.45) is 4.47. The molecule has 1 aliphatic heterocycles. The Labute approximate surface area is 134 Å². The molecule has 1 aromatic heterocycles. The van der Waals surface area contributed by atoms with E-state index in [-0.39, 0.29) is 5.78 Å². The van der Waals surface area contributed by atoms with Crippen LogP contribution >= 0.6 is 11.3 Å². The van der Waals surface area contributed by atoms with Gasteiger partial charge < -0.3 is 4.74 Å². The van der Waals surface area contributed by atoms with Crippen LogP contribution in [0.5, 0.6) is 5.75 Å². The summed E-state index contributed by atoms with van der Waals surface area (Å²) in [6, 6.07) is 9.23. The number of ether oxygens (including phenoxy) is 1. The average molecular weight is 313 g/mol. The summed E-state index contributed by atoms with van der Waals surface area (Å²) < 4.78 is 5.74. The number of hydrogen-bond acceptors (Lipinski definition) is 4. The summed E-state index contributed by atoms with van der Waals surface area (Å²) in [5.41, 5.74) is 2.71. The quantitative estimate of drug-likeness (QED) is 0.743. The number of carbonyl (C=O) groups excluding carboxylic acids is 1. The lowest BCUT2D eigenvalue weighted by molar-refractivity contribution is 0.103. The monoisotopic (exact) mass is 313 g/mol. The highest BCUT2D eigenvalue weighted by atomic mass is 32.1. The fraction of sp³-hybridized carbons (Fsp3) is 0.333. The van der Waals surface area contributed by atoms with E-state index in [4.69, 9.17) is 4.74 Å². The van der Waals surface area contributed by atoms with Crippen LogP contribution in [-0.4, -0.2) is 24.6 Å². The molecule has 0 aliphatic carbocycles. The van der Waals surface area contributed by atoms with Gasteiger partial charge >= 0.3 is 0 Å². The zero-order valence-electron chi connectivity index (χ0n) is 12.5. The van der Waals surface area contributed by atoms with E-state index in [0.717, 1.165) is 30.7 Å². The number of carbonyl (C=O) groups is 1. The Hall–Kier alpha value is -1.94. The van der Waals surface area contributed by atoms with Gasteiger partial charge in [0.1, 0.15) is 5.75 Å². The number of aliphatic imine (C=N–C) groups is 1. The molecule has 0 radical (unpaired) electrons. The Kier molecular flexibility index (Phi) is 5.01. The van der Waals surface area contributed by atoms with Crippen LogP contribution in [0.15, 0.2) is 46.1 Å². The van der Waals surface area contributed by atoms with Crippen molar-refractivity contribution in [1.29, 1.82) is 0 Å². The van der Waals surface area contributed by atoms with Gasteiger partial charge in [0.15, 0.2) is 5.78 Å². The minimum Gasteiger partial charge on any atom is -0.493 e. The van der Waals surface area contributed by atoms with Crippen LogP contribution in [-0.2, 0) is 0 Å². The van der Waals surface area contributed by atoms with Gasteiger partial charge in [-0.15, -0.1) is 0 Å². The van der Waals surface area contributed by atoms with E-state index in [2.05, 4.69) is 4.99 Å². The van der Waals surface area contributed by atoms with Crippen molar-refractivity contribution in [3.05, 3.63) is 52.2 Å². The first-order valence-corrected chi connectivity index (χ1v) is 8.59. The van der Waals surface area contributed by atoms with Crippen LogP contribution in [0.2, 0.25) is 0 Å². The van der Waals surface area contributed by atoms with Crippen LogP contribution in [0, 0.1) is 0 Å². The van der Waals surface area contributed by atoms with Crippen molar-refractivity contribution >= 4 is 22.8 Å². The molecule has 1 aliphatic rings.